The van der Waals surface area contributed by atoms with Crippen molar-refractivity contribution in [1.29, 1.82) is 0 Å². The molecule has 0 fully saturated rings. The van der Waals surface area contributed by atoms with Crippen LogP contribution in [0.2, 0.25) is 0 Å². The fourth-order valence-corrected chi connectivity index (χ4v) is 3.70. The van der Waals surface area contributed by atoms with Crippen molar-refractivity contribution in [3.05, 3.63) is 51.7 Å². The molecule has 0 radical (unpaired) electrons. The van der Waals surface area contributed by atoms with Gasteiger partial charge < -0.3 is 16.0 Å². The van der Waals surface area contributed by atoms with E-state index in [-0.39, 0.29) is 64.8 Å². The van der Waals surface area contributed by atoms with Crippen LogP contribution in [-0.4, -0.2) is 49.7 Å². The van der Waals surface area contributed by atoms with Crippen molar-refractivity contribution in [3.63, 3.8) is 0 Å². The summed E-state index contributed by atoms with van der Waals surface area (Å²) in [7, 11) is 1.77. The number of nitrogens with zero attached hydrogens (tertiary/aromatic N) is 4. The summed E-state index contributed by atoms with van der Waals surface area (Å²) in [5.41, 5.74) is 2.75. The van der Waals surface area contributed by atoms with Gasteiger partial charge >= 0.3 is 57.4 Å². The van der Waals surface area contributed by atoms with Crippen molar-refractivity contribution in [1.82, 2.24) is 19.3 Å². The summed E-state index contributed by atoms with van der Waals surface area (Å²) in [6, 6.07) is 7.21. The van der Waals surface area contributed by atoms with E-state index in [0.29, 0.717) is 42.4 Å². The number of carboxylic acids is 1. The molecule has 0 saturated heterocycles. The van der Waals surface area contributed by atoms with E-state index < -0.39 is 12.1 Å². The normalized spacial score (nSPS) is 11.9. The number of aromatic nitrogens is 4. The van der Waals surface area contributed by atoms with Gasteiger partial charge in [0.2, 0.25) is 0 Å². The molecule has 1 unspecified atom stereocenters. The van der Waals surface area contributed by atoms with Gasteiger partial charge in [-0.3, -0.25) is 14.0 Å². The van der Waals surface area contributed by atoms with Gasteiger partial charge in [0, 0.05) is 20.1 Å². The number of carbonyl (C=O) groups is 1. The van der Waals surface area contributed by atoms with Crippen LogP contribution in [0.5, 0.6) is 5.75 Å². The fraction of sp³-hybridized carbons (Fsp3) is 0.478. The number of ether oxygens (including phenoxy) is 2. The van der Waals surface area contributed by atoms with Crippen LogP contribution in [-0.2, 0) is 36.0 Å². The molecule has 174 valence electrons. The smallest absolute Gasteiger partial charge is 1.00 e. The fourth-order valence-electron chi connectivity index (χ4n) is 3.70. The summed E-state index contributed by atoms with van der Waals surface area (Å²) >= 11 is 0. The molecule has 9 nitrogen and oxygen atoms in total. The van der Waals surface area contributed by atoms with E-state index in [1.54, 1.807) is 35.4 Å². The Morgan fingerprint density at radius 1 is 1.24 bits per heavy atom. The molecule has 33 heavy (non-hydrogen) atoms. The molecule has 0 saturated carbocycles. The largest absolute Gasteiger partial charge is 1.00 e. The van der Waals surface area contributed by atoms with E-state index in [9.17, 15) is 14.7 Å². The molecule has 0 aliphatic heterocycles. The molecule has 1 atom stereocenters. The van der Waals surface area contributed by atoms with Crippen LogP contribution in [0.25, 0.3) is 11.0 Å². The molecule has 1 N–H and O–H groups in total. The zero-order chi connectivity index (χ0) is 23.3. The molecular formula is C23H31KN4O5. The Balaban J connectivity index is 0.00000289. The molecule has 0 spiro atoms. The second-order valence-electron chi connectivity index (χ2n) is 7.61. The summed E-state index contributed by atoms with van der Waals surface area (Å²) in [5.74, 6) is 0.291. The third-order valence-corrected chi connectivity index (χ3v) is 5.26. The Bertz CT molecular complexity index is 1150. The summed E-state index contributed by atoms with van der Waals surface area (Å²) in [6.45, 7) is 6.65. The Morgan fingerprint density at radius 2 is 1.94 bits per heavy atom. The maximum Gasteiger partial charge on any atom is 1.00 e. The molecule has 2 heterocycles. The number of aliphatic carboxylic acids is 1. The second kappa shape index (κ2) is 12.8. The van der Waals surface area contributed by atoms with Crippen LogP contribution in [0, 0.1) is 6.92 Å². The molecule has 0 aliphatic carbocycles. The van der Waals surface area contributed by atoms with Crippen molar-refractivity contribution in [2.45, 2.75) is 52.7 Å². The summed E-state index contributed by atoms with van der Waals surface area (Å²) in [6.07, 6.45) is 1.14. The number of rotatable bonds is 11. The first-order valence-corrected chi connectivity index (χ1v) is 10.8. The predicted molar refractivity (Wildman–Crippen MR) is 121 cm³/mol. The first-order chi connectivity index (χ1) is 15.3. The number of hydrogen-bond acceptors (Lipinski definition) is 6. The zero-order valence-corrected chi connectivity index (χ0v) is 23.1. The zero-order valence-electron chi connectivity index (χ0n) is 21.0. The molecule has 3 rings (SSSR count). The van der Waals surface area contributed by atoms with E-state index in [4.69, 9.17) is 9.47 Å². The van der Waals surface area contributed by atoms with E-state index in [1.165, 1.54) is 0 Å². The SMILES string of the molecule is CCCc1nn(C)c2c(=O)n(CCOc3ccc(CC(OCC)C(=O)O)cc3)c(C)nc12.[H-].[K+]. The first kappa shape index (κ1) is 27.7. The average Bonchev–Trinajstić information content (AvgIpc) is 3.06. The van der Waals surface area contributed by atoms with Crippen LogP contribution in [0.1, 0.15) is 38.8 Å². The molecule has 0 aliphatic rings. The summed E-state index contributed by atoms with van der Waals surface area (Å²) in [5, 5.41) is 13.7. The van der Waals surface area contributed by atoms with Crippen molar-refractivity contribution >= 4 is 17.0 Å². The van der Waals surface area contributed by atoms with Crippen LogP contribution in [0.15, 0.2) is 29.1 Å². The Labute approximate surface area is 237 Å². The van der Waals surface area contributed by atoms with Gasteiger partial charge in [-0.2, -0.15) is 5.10 Å². The van der Waals surface area contributed by atoms with Crippen molar-refractivity contribution < 1.29 is 72.2 Å². The molecule has 10 heteroatoms. The van der Waals surface area contributed by atoms with Crippen LogP contribution in [0.3, 0.4) is 0 Å². The van der Waals surface area contributed by atoms with Gasteiger partial charge in [-0.1, -0.05) is 25.5 Å². The maximum atomic E-state index is 13.0. The van der Waals surface area contributed by atoms with Gasteiger partial charge in [0.1, 0.15) is 23.7 Å². The minimum Gasteiger partial charge on any atom is -1.00 e. The number of benzene rings is 1. The molecule has 1 aromatic carbocycles. The van der Waals surface area contributed by atoms with E-state index in [2.05, 4.69) is 17.0 Å². The monoisotopic (exact) mass is 482 g/mol. The van der Waals surface area contributed by atoms with Gasteiger partial charge in [-0.05, 0) is 38.0 Å². The average molecular weight is 483 g/mol. The minimum absolute atomic E-state index is 0. The standard InChI is InChI=1S/C23H30N4O5.K.H/c1-5-7-18-20-21(26(4)25-18)22(28)27(15(3)24-20)12-13-32-17-10-8-16(9-11-17)14-19(23(29)30)31-6-2;;/h8-11,19H,5-7,12-14H2,1-4H3,(H,29,30);;/q;+1;-1. The molecule has 0 bridgehead atoms. The van der Waals surface area contributed by atoms with Gasteiger partial charge in [0.05, 0.1) is 12.2 Å². The molecule has 0 amide bonds. The van der Waals surface area contributed by atoms with Gasteiger partial charge in [-0.15, -0.1) is 0 Å². The van der Waals surface area contributed by atoms with Crippen molar-refractivity contribution in [2.75, 3.05) is 13.2 Å². The van der Waals surface area contributed by atoms with Crippen LogP contribution < -0.4 is 61.7 Å². The number of carboxylic acid groups (broad SMARTS) is 1. The molecular weight excluding hydrogens is 451 g/mol. The van der Waals surface area contributed by atoms with Gasteiger partial charge in [0.25, 0.3) is 5.56 Å². The van der Waals surface area contributed by atoms with Crippen molar-refractivity contribution in [2.24, 2.45) is 7.05 Å². The quantitative estimate of drug-likeness (QED) is 0.371. The summed E-state index contributed by atoms with van der Waals surface area (Å²) in [4.78, 5) is 28.9. The van der Waals surface area contributed by atoms with Gasteiger partial charge in [0.15, 0.2) is 11.6 Å². The van der Waals surface area contributed by atoms with Crippen molar-refractivity contribution in [3.8, 4) is 5.75 Å². The summed E-state index contributed by atoms with van der Waals surface area (Å²) < 4.78 is 14.3. The third kappa shape index (κ3) is 6.74. The Morgan fingerprint density at radius 3 is 2.55 bits per heavy atom. The molecule has 3 aromatic rings. The Hall–Kier alpha value is -1.56. The number of hydrogen-bond donors (Lipinski definition) is 1. The molecule has 2 aromatic heterocycles. The van der Waals surface area contributed by atoms with E-state index >= 15 is 0 Å². The third-order valence-electron chi connectivity index (χ3n) is 5.26. The van der Waals surface area contributed by atoms with Gasteiger partial charge in [-0.25, -0.2) is 9.78 Å². The second-order valence-corrected chi connectivity index (χ2v) is 7.61. The van der Waals surface area contributed by atoms with E-state index in [0.717, 1.165) is 24.1 Å². The first-order valence-electron chi connectivity index (χ1n) is 10.8. The van der Waals surface area contributed by atoms with Crippen LogP contribution >= 0.6 is 0 Å². The Kier molecular flexibility index (Phi) is 10.7. The van der Waals surface area contributed by atoms with E-state index in [1.807, 2.05) is 19.1 Å². The predicted octanol–water partition coefficient (Wildman–Crippen LogP) is -0.381. The maximum absolute atomic E-state index is 13.0. The topological polar surface area (TPSA) is 108 Å². The minimum atomic E-state index is -0.978. The van der Waals surface area contributed by atoms with Crippen LogP contribution in [0.4, 0.5) is 0 Å². The number of aryl methyl sites for hydroxylation is 3. The number of fused-ring (bicyclic) bond motifs is 1.